The number of hydrogen-bond donors (Lipinski definition) is 2. The van der Waals surface area contributed by atoms with E-state index in [2.05, 4.69) is 12.6 Å². The number of rotatable bonds is 5. The third-order valence-corrected chi connectivity index (χ3v) is 2.94. The molecule has 1 N–H and O–H groups in total. The monoisotopic (exact) mass is 233 g/mol. The summed E-state index contributed by atoms with van der Waals surface area (Å²) in [5, 5.41) is 9.51. The van der Waals surface area contributed by atoms with Gasteiger partial charge in [0.1, 0.15) is 0 Å². The van der Waals surface area contributed by atoms with Gasteiger partial charge < -0.3 is 14.7 Å². The lowest BCUT2D eigenvalue weighted by molar-refractivity contribution is -0.133. The van der Waals surface area contributed by atoms with Crippen LogP contribution < -0.4 is 0 Å². The normalized spacial score (nSPS) is 25.9. The molecule has 0 bridgehead atoms. The lowest BCUT2D eigenvalue weighted by Crippen LogP contribution is -2.38. The Morgan fingerprint density at radius 2 is 2.40 bits per heavy atom. The van der Waals surface area contributed by atoms with Crippen LogP contribution in [0.25, 0.3) is 0 Å². The van der Waals surface area contributed by atoms with E-state index in [1.165, 1.54) is 0 Å². The van der Waals surface area contributed by atoms with Crippen molar-refractivity contribution in [3.05, 3.63) is 0 Å². The Kier molecular flexibility index (Phi) is 5.42. The molecule has 1 saturated heterocycles. The van der Waals surface area contributed by atoms with E-state index in [0.717, 1.165) is 12.2 Å². The van der Waals surface area contributed by atoms with Crippen molar-refractivity contribution in [2.75, 3.05) is 26.0 Å². The van der Waals surface area contributed by atoms with Gasteiger partial charge in [0.05, 0.1) is 18.8 Å². The van der Waals surface area contributed by atoms with E-state index in [1.807, 2.05) is 0 Å². The second kappa shape index (κ2) is 6.35. The first-order chi connectivity index (χ1) is 7.19. The van der Waals surface area contributed by atoms with E-state index in [-0.39, 0.29) is 11.9 Å². The molecule has 1 rings (SSSR count). The van der Waals surface area contributed by atoms with E-state index in [0.29, 0.717) is 26.0 Å². The summed E-state index contributed by atoms with van der Waals surface area (Å²) in [5.41, 5.74) is 0. The van der Waals surface area contributed by atoms with Crippen molar-refractivity contribution in [3.8, 4) is 0 Å². The van der Waals surface area contributed by atoms with Gasteiger partial charge in [-0.3, -0.25) is 4.79 Å². The van der Waals surface area contributed by atoms with Crippen LogP contribution in [0.3, 0.4) is 0 Å². The van der Waals surface area contributed by atoms with Gasteiger partial charge >= 0.3 is 0 Å². The molecule has 1 aliphatic heterocycles. The number of aliphatic hydroxyl groups excluding tert-OH is 1. The second-order valence-electron chi connectivity index (χ2n) is 3.87. The van der Waals surface area contributed by atoms with Gasteiger partial charge in [0.2, 0.25) is 5.91 Å². The van der Waals surface area contributed by atoms with Crippen LogP contribution >= 0.6 is 12.6 Å². The number of amides is 1. The summed E-state index contributed by atoms with van der Waals surface area (Å²) in [4.78, 5) is 13.5. The zero-order valence-corrected chi connectivity index (χ0v) is 9.95. The molecule has 0 aromatic heterocycles. The molecule has 88 valence electrons. The van der Waals surface area contributed by atoms with Crippen molar-refractivity contribution in [2.45, 2.75) is 31.4 Å². The van der Waals surface area contributed by atoms with Crippen molar-refractivity contribution in [1.29, 1.82) is 0 Å². The molecule has 15 heavy (non-hydrogen) atoms. The van der Waals surface area contributed by atoms with E-state index >= 15 is 0 Å². The summed E-state index contributed by atoms with van der Waals surface area (Å²) in [6.07, 6.45) is 1.52. The molecule has 2 atom stereocenters. The largest absolute Gasteiger partial charge is 0.391 e. The van der Waals surface area contributed by atoms with Crippen LogP contribution in [-0.2, 0) is 9.53 Å². The fourth-order valence-corrected chi connectivity index (χ4v) is 2.08. The van der Waals surface area contributed by atoms with Gasteiger partial charge in [-0.25, -0.2) is 0 Å². The number of β-amino-alcohol motifs (C(OH)–C–C–N with tert-alkyl or cyclic N) is 1. The summed E-state index contributed by atoms with van der Waals surface area (Å²) in [5.74, 6) is 0.819. The van der Waals surface area contributed by atoms with Crippen molar-refractivity contribution >= 4 is 18.5 Å². The summed E-state index contributed by atoms with van der Waals surface area (Å²) in [6.45, 7) is 0.948. The maximum atomic E-state index is 11.8. The number of carbonyl (C=O) groups is 1. The Bertz CT molecular complexity index is 213. The maximum Gasteiger partial charge on any atom is 0.223 e. The van der Waals surface area contributed by atoms with Crippen molar-refractivity contribution in [3.63, 3.8) is 0 Å². The molecule has 2 unspecified atom stereocenters. The predicted molar refractivity (Wildman–Crippen MR) is 61.1 cm³/mol. The molecule has 1 aliphatic rings. The minimum absolute atomic E-state index is 0.0393. The lowest BCUT2D eigenvalue weighted by atomic mass is 10.2. The molecule has 4 nitrogen and oxygen atoms in total. The zero-order chi connectivity index (χ0) is 11.3. The highest BCUT2D eigenvalue weighted by atomic mass is 32.1. The van der Waals surface area contributed by atoms with E-state index in [1.54, 1.807) is 12.0 Å². The van der Waals surface area contributed by atoms with E-state index in [4.69, 9.17) is 4.74 Å². The topological polar surface area (TPSA) is 49.8 Å². The van der Waals surface area contributed by atoms with Gasteiger partial charge in [-0.1, -0.05) is 0 Å². The average Bonchev–Trinajstić information content (AvgIpc) is 2.57. The second-order valence-corrected chi connectivity index (χ2v) is 4.32. The Balaban J connectivity index is 2.46. The minimum atomic E-state index is -0.398. The van der Waals surface area contributed by atoms with Crippen LogP contribution in [0.1, 0.15) is 19.3 Å². The van der Waals surface area contributed by atoms with Crippen LogP contribution in [0, 0.1) is 0 Å². The zero-order valence-electron chi connectivity index (χ0n) is 9.06. The van der Waals surface area contributed by atoms with Gasteiger partial charge in [-0.2, -0.15) is 12.6 Å². The Hall–Kier alpha value is -0.260. The number of likely N-dealkylation sites (tertiary alicyclic amines) is 1. The third-order valence-electron chi connectivity index (χ3n) is 2.62. The summed E-state index contributed by atoms with van der Waals surface area (Å²) in [7, 11) is 1.61. The van der Waals surface area contributed by atoms with E-state index in [9.17, 15) is 9.90 Å². The smallest absolute Gasteiger partial charge is 0.223 e. The molecule has 1 heterocycles. The number of carbonyl (C=O) groups excluding carboxylic acids is 1. The van der Waals surface area contributed by atoms with Gasteiger partial charge in [-0.05, 0) is 18.6 Å². The fourth-order valence-electron chi connectivity index (χ4n) is 1.92. The molecule has 5 heteroatoms. The first-order valence-electron chi connectivity index (χ1n) is 5.26. The number of hydrogen-bond acceptors (Lipinski definition) is 4. The fraction of sp³-hybridized carbons (Fsp3) is 0.900. The van der Waals surface area contributed by atoms with Crippen LogP contribution in [0.2, 0.25) is 0 Å². The van der Waals surface area contributed by atoms with Crippen LogP contribution in [0.15, 0.2) is 0 Å². The first kappa shape index (κ1) is 12.8. The molecule has 0 aromatic carbocycles. The Morgan fingerprint density at radius 3 is 3.00 bits per heavy atom. The van der Waals surface area contributed by atoms with Gasteiger partial charge in [0, 0.05) is 20.1 Å². The molecule has 0 aromatic rings. The standard InChI is InChI=1S/C10H19NO3S/c1-14-7-8-5-9(12)6-11(8)10(13)3-2-4-15/h8-9,12,15H,2-7H2,1H3. The molecule has 0 aliphatic carbocycles. The molecule has 0 spiro atoms. The Morgan fingerprint density at radius 1 is 1.67 bits per heavy atom. The molecule has 0 saturated carbocycles. The van der Waals surface area contributed by atoms with Crippen LogP contribution in [-0.4, -0.2) is 54.1 Å². The molecular weight excluding hydrogens is 214 g/mol. The highest BCUT2D eigenvalue weighted by Crippen LogP contribution is 2.19. The highest BCUT2D eigenvalue weighted by molar-refractivity contribution is 7.80. The quantitative estimate of drug-likeness (QED) is 0.672. The van der Waals surface area contributed by atoms with Gasteiger partial charge in [0.15, 0.2) is 0 Å². The minimum Gasteiger partial charge on any atom is -0.391 e. The van der Waals surface area contributed by atoms with Crippen molar-refractivity contribution in [1.82, 2.24) is 4.90 Å². The SMILES string of the molecule is COCC1CC(O)CN1C(=O)CCCS. The third kappa shape index (κ3) is 3.66. The number of aliphatic hydroxyl groups is 1. The number of ether oxygens (including phenoxy) is 1. The van der Waals surface area contributed by atoms with E-state index < -0.39 is 6.10 Å². The lowest BCUT2D eigenvalue weighted by Gasteiger charge is -2.23. The Labute approximate surface area is 96.0 Å². The van der Waals surface area contributed by atoms with Crippen LogP contribution in [0.5, 0.6) is 0 Å². The molecular formula is C10H19NO3S. The summed E-state index contributed by atoms with van der Waals surface area (Å²) in [6, 6.07) is 0.0393. The molecule has 1 amide bonds. The van der Waals surface area contributed by atoms with Crippen LogP contribution in [0.4, 0.5) is 0 Å². The predicted octanol–water partition coefficient (Wildman–Crippen LogP) is 0.305. The maximum absolute atomic E-state index is 11.8. The summed E-state index contributed by atoms with van der Waals surface area (Å²) < 4.78 is 5.04. The molecule has 1 fully saturated rings. The average molecular weight is 233 g/mol. The summed E-state index contributed by atoms with van der Waals surface area (Å²) >= 11 is 4.07. The van der Waals surface area contributed by atoms with Crippen molar-refractivity contribution in [2.24, 2.45) is 0 Å². The first-order valence-corrected chi connectivity index (χ1v) is 5.89. The number of methoxy groups -OCH3 is 1. The number of nitrogens with zero attached hydrogens (tertiary/aromatic N) is 1. The van der Waals surface area contributed by atoms with Gasteiger partial charge in [0.25, 0.3) is 0 Å². The number of thiol groups is 1. The highest BCUT2D eigenvalue weighted by Gasteiger charge is 2.33. The van der Waals surface area contributed by atoms with Gasteiger partial charge in [-0.15, -0.1) is 0 Å². The van der Waals surface area contributed by atoms with Crippen molar-refractivity contribution < 1.29 is 14.6 Å². The molecule has 0 radical (unpaired) electrons.